The minimum Gasteiger partial charge on any atom is -0.503 e. The van der Waals surface area contributed by atoms with Crippen LogP contribution in [0.2, 0.25) is 0 Å². The van der Waals surface area contributed by atoms with E-state index >= 15 is 0 Å². The van der Waals surface area contributed by atoms with Crippen molar-refractivity contribution in [2.24, 2.45) is 0 Å². The van der Waals surface area contributed by atoms with Gasteiger partial charge in [0.15, 0.2) is 5.75 Å². The number of methoxy groups -OCH3 is 1. The number of rotatable bonds is 7. The highest BCUT2D eigenvalue weighted by Gasteiger charge is 2.10. The summed E-state index contributed by atoms with van der Waals surface area (Å²) in [7, 11) is 1.64. The summed E-state index contributed by atoms with van der Waals surface area (Å²) >= 11 is 0. The third-order valence-corrected chi connectivity index (χ3v) is 3.99. The monoisotopic (exact) mass is 316 g/mol. The molecule has 0 saturated carbocycles. The maximum atomic E-state index is 11.8. The maximum absolute atomic E-state index is 11.8. The highest BCUT2D eigenvalue weighted by Crippen LogP contribution is 2.15. The molecule has 5 heteroatoms. The number of ether oxygens (including phenoxy) is 1. The third kappa shape index (κ3) is 4.36. The van der Waals surface area contributed by atoms with Crippen LogP contribution in [0.25, 0.3) is 0 Å². The summed E-state index contributed by atoms with van der Waals surface area (Å²) in [6, 6.07) is 9.30. The first-order chi connectivity index (χ1) is 11.1. The quantitative estimate of drug-likeness (QED) is 0.852. The molecule has 0 aliphatic carbocycles. The van der Waals surface area contributed by atoms with Gasteiger partial charge < -0.3 is 14.4 Å². The lowest BCUT2D eigenvalue weighted by Crippen LogP contribution is -2.26. The van der Waals surface area contributed by atoms with Crippen molar-refractivity contribution in [3.8, 4) is 11.5 Å². The number of hydrogen-bond acceptors (Lipinski definition) is 4. The minimum atomic E-state index is -0.335. The van der Waals surface area contributed by atoms with Crippen molar-refractivity contribution in [2.45, 2.75) is 26.9 Å². The predicted molar refractivity (Wildman–Crippen MR) is 91.1 cm³/mol. The highest BCUT2D eigenvalue weighted by molar-refractivity contribution is 5.28. The van der Waals surface area contributed by atoms with Gasteiger partial charge in [0.25, 0.3) is 0 Å². The largest absolute Gasteiger partial charge is 0.503 e. The van der Waals surface area contributed by atoms with Crippen LogP contribution in [0.15, 0.2) is 41.3 Å². The fraction of sp³-hybridized carbons (Fsp3) is 0.389. The van der Waals surface area contributed by atoms with E-state index in [1.54, 1.807) is 7.11 Å². The first-order valence-electron chi connectivity index (χ1n) is 7.85. The van der Waals surface area contributed by atoms with Crippen LogP contribution in [-0.4, -0.2) is 34.8 Å². The second kappa shape index (κ2) is 7.83. The van der Waals surface area contributed by atoms with Gasteiger partial charge in [0.05, 0.1) is 13.3 Å². The Morgan fingerprint density at radius 1 is 1.17 bits per heavy atom. The van der Waals surface area contributed by atoms with Crippen LogP contribution in [0.5, 0.6) is 11.5 Å². The van der Waals surface area contributed by atoms with E-state index in [0.29, 0.717) is 13.1 Å². The average molecular weight is 316 g/mol. The molecule has 1 heterocycles. The van der Waals surface area contributed by atoms with Crippen LogP contribution in [-0.2, 0) is 13.1 Å². The summed E-state index contributed by atoms with van der Waals surface area (Å²) in [5.74, 6) is 0.585. The summed E-state index contributed by atoms with van der Waals surface area (Å²) in [5, 5.41) is 9.77. The van der Waals surface area contributed by atoms with Gasteiger partial charge in [-0.05, 0) is 30.8 Å². The Morgan fingerprint density at radius 2 is 1.83 bits per heavy atom. The molecule has 23 heavy (non-hydrogen) atoms. The molecule has 2 rings (SSSR count). The Morgan fingerprint density at radius 3 is 2.39 bits per heavy atom. The van der Waals surface area contributed by atoms with E-state index < -0.39 is 0 Å². The van der Waals surface area contributed by atoms with Gasteiger partial charge in [-0.25, -0.2) is 0 Å². The molecule has 0 atom stereocenters. The molecule has 5 nitrogen and oxygen atoms in total. The molecule has 124 valence electrons. The predicted octanol–water partition coefficient (Wildman–Crippen LogP) is 2.45. The lowest BCUT2D eigenvalue weighted by Gasteiger charge is -2.21. The van der Waals surface area contributed by atoms with E-state index in [1.165, 1.54) is 12.3 Å². The summed E-state index contributed by atoms with van der Waals surface area (Å²) in [6.45, 7) is 7.28. The molecule has 0 saturated heterocycles. The van der Waals surface area contributed by atoms with Gasteiger partial charge >= 0.3 is 0 Å². The zero-order valence-corrected chi connectivity index (χ0v) is 14.0. The third-order valence-electron chi connectivity index (χ3n) is 3.99. The van der Waals surface area contributed by atoms with Gasteiger partial charge in [-0.2, -0.15) is 0 Å². The normalized spacial score (nSPS) is 11.0. The molecular weight excluding hydrogens is 292 g/mol. The molecule has 1 aromatic carbocycles. The van der Waals surface area contributed by atoms with Crippen LogP contribution >= 0.6 is 0 Å². The van der Waals surface area contributed by atoms with E-state index in [9.17, 15) is 9.90 Å². The molecule has 1 aromatic heterocycles. The lowest BCUT2D eigenvalue weighted by molar-refractivity contribution is 0.286. The lowest BCUT2D eigenvalue weighted by atomic mass is 10.2. The topological polar surface area (TPSA) is 54.7 Å². The molecule has 0 unspecified atom stereocenters. The Kier molecular flexibility index (Phi) is 5.82. The zero-order chi connectivity index (χ0) is 16.8. The summed E-state index contributed by atoms with van der Waals surface area (Å²) < 4.78 is 7.09. The summed E-state index contributed by atoms with van der Waals surface area (Å²) in [5.41, 5.74) is 1.64. The molecule has 0 aliphatic rings. The van der Waals surface area contributed by atoms with Crippen LogP contribution in [0.4, 0.5) is 0 Å². The molecule has 0 radical (unpaired) electrons. The number of nitrogens with zero attached hydrogens (tertiary/aromatic N) is 2. The standard InChI is InChI=1S/C18H24N2O3/c1-4-19(5-2)12-15-10-17(21)18(22)13-20(15)11-14-6-8-16(23-3)9-7-14/h6-10,13,22H,4-5,11-12H2,1-3H3. The SMILES string of the molecule is CCN(CC)Cc1cc(=O)c(O)cn1Cc1ccc(OC)cc1. The average Bonchev–Trinajstić information content (AvgIpc) is 2.57. The second-order valence-electron chi connectivity index (χ2n) is 5.45. The number of aromatic nitrogens is 1. The first-order valence-corrected chi connectivity index (χ1v) is 7.85. The van der Waals surface area contributed by atoms with E-state index in [4.69, 9.17) is 4.74 Å². The van der Waals surface area contributed by atoms with E-state index in [0.717, 1.165) is 30.1 Å². The Bertz CT molecular complexity index is 688. The van der Waals surface area contributed by atoms with Crippen molar-refractivity contribution in [3.63, 3.8) is 0 Å². The van der Waals surface area contributed by atoms with Gasteiger partial charge in [-0.15, -0.1) is 0 Å². The molecule has 0 bridgehead atoms. The molecule has 2 aromatic rings. The van der Waals surface area contributed by atoms with Gasteiger partial charge in [-0.3, -0.25) is 9.69 Å². The number of pyridine rings is 1. The van der Waals surface area contributed by atoms with Crippen molar-refractivity contribution in [1.82, 2.24) is 9.47 Å². The van der Waals surface area contributed by atoms with E-state index in [1.807, 2.05) is 28.8 Å². The van der Waals surface area contributed by atoms with Crippen LogP contribution in [0.1, 0.15) is 25.1 Å². The smallest absolute Gasteiger partial charge is 0.223 e. The summed E-state index contributed by atoms with van der Waals surface area (Å²) in [6.07, 6.45) is 1.52. The Hall–Kier alpha value is -2.27. The van der Waals surface area contributed by atoms with Crippen molar-refractivity contribution >= 4 is 0 Å². The molecule has 1 N–H and O–H groups in total. The van der Waals surface area contributed by atoms with Gasteiger partial charge in [-0.1, -0.05) is 26.0 Å². The Labute approximate surface area is 136 Å². The molecule has 0 spiro atoms. The van der Waals surface area contributed by atoms with E-state index in [2.05, 4.69) is 18.7 Å². The highest BCUT2D eigenvalue weighted by atomic mass is 16.5. The fourth-order valence-corrected chi connectivity index (χ4v) is 2.49. The van der Waals surface area contributed by atoms with Crippen molar-refractivity contribution in [2.75, 3.05) is 20.2 Å². The van der Waals surface area contributed by atoms with Crippen LogP contribution in [0.3, 0.4) is 0 Å². The van der Waals surface area contributed by atoms with E-state index in [-0.39, 0.29) is 11.2 Å². The van der Waals surface area contributed by atoms with Crippen molar-refractivity contribution in [1.29, 1.82) is 0 Å². The second-order valence-corrected chi connectivity index (χ2v) is 5.45. The van der Waals surface area contributed by atoms with Gasteiger partial charge in [0.2, 0.25) is 5.43 Å². The van der Waals surface area contributed by atoms with Crippen molar-refractivity contribution in [3.05, 3.63) is 58.0 Å². The maximum Gasteiger partial charge on any atom is 0.223 e. The zero-order valence-electron chi connectivity index (χ0n) is 14.0. The fourth-order valence-electron chi connectivity index (χ4n) is 2.49. The first kappa shape index (κ1) is 17.1. The molecule has 0 fully saturated rings. The minimum absolute atomic E-state index is 0.221. The molecular formula is C18H24N2O3. The number of benzene rings is 1. The van der Waals surface area contributed by atoms with Crippen LogP contribution in [0, 0.1) is 0 Å². The molecule has 0 amide bonds. The summed E-state index contributed by atoms with van der Waals surface area (Å²) in [4.78, 5) is 14.0. The molecule has 0 aliphatic heterocycles. The number of aromatic hydroxyl groups is 1. The Balaban J connectivity index is 2.31. The van der Waals surface area contributed by atoms with Gasteiger partial charge in [0, 0.05) is 24.8 Å². The van der Waals surface area contributed by atoms with Crippen molar-refractivity contribution < 1.29 is 9.84 Å². The number of hydrogen-bond donors (Lipinski definition) is 1. The van der Waals surface area contributed by atoms with Gasteiger partial charge in [0.1, 0.15) is 5.75 Å². The van der Waals surface area contributed by atoms with Crippen LogP contribution < -0.4 is 10.2 Å².